The number of aliphatic hydroxyl groups excluding tert-OH is 1. The first-order valence-electron chi connectivity index (χ1n) is 4.58. The van der Waals surface area contributed by atoms with Gasteiger partial charge in [-0.05, 0) is 38.5 Å². The third-order valence-corrected chi connectivity index (χ3v) is 2.37. The summed E-state index contributed by atoms with van der Waals surface area (Å²) in [6.45, 7) is 3.74. The molecule has 1 aliphatic rings. The van der Waals surface area contributed by atoms with Gasteiger partial charge in [-0.1, -0.05) is 0 Å². The highest BCUT2D eigenvalue weighted by Gasteiger charge is 2.18. The van der Waals surface area contributed by atoms with E-state index < -0.39 is 0 Å². The highest BCUT2D eigenvalue weighted by molar-refractivity contribution is 4.70. The number of hydrogen-bond acceptors (Lipinski definition) is 2. The second-order valence-electron chi connectivity index (χ2n) is 3.33. The molecule has 66 valence electrons. The van der Waals surface area contributed by atoms with Gasteiger partial charge in [-0.3, -0.25) is 0 Å². The molecule has 0 aromatic carbocycles. The summed E-state index contributed by atoms with van der Waals surface area (Å²) in [6, 6.07) is 0. The van der Waals surface area contributed by atoms with Gasteiger partial charge in [0.15, 0.2) is 0 Å². The van der Waals surface area contributed by atoms with Crippen molar-refractivity contribution >= 4 is 0 Å². The van der Waals surface area contributed by atoms with E-state index in [0.717, 1.165) is 38.9 Å². The van der Waals surface area contributed by atoms with Crippen molar-refractivity contribution < 1.29 is 9.84 Å². The SMILES string of the molecule is CCOC[C@H]1CC[C@H](O)CC1. The Morgan fingerprint density at radius 3 is 2.45 bits per heavy atom. The molecule has 11 heavy (non-hydrogen) atoms. The molecule has 0 aromatic heterocycles. The normalized spacial score (nSPS) is 32.2. The van der Waals surface area contributed by atoms with E-state index in [0.29, 0.717) is 5.92 Å². The van der Waals surface area contributed by atoms with E-state index in [2.05, 4.69) is 0 Å². The topological polar surface area (TPSA) is 29.5 Å². The van der Waals surface area contributed by atoms with Crippen molar-refractivity contribution in [2.45, 2.75) is 38.7 Å². The summed E-state index contributed by atoms with van der Waals surface area (Å²) in [5.74, 6) is 0.707. The molecule has 0 atom stereocenters. The van der Waals surface area contributed by atoms with Gasteiger partial charge in [-0.15, -0.1) is 0 Å². The average molecular weight is 158 g/mol. The summed E-state index contributed by atoms with van der Waals surface area (Å²) in [4.78, 5) is 0. The van der Waals surface area contributed by atoms with Crippen LogP contribution in [0.5, 0.6) is 0 Å². The van der Waals surface area contributed by atoms with Crippen LogP contribution in [0.15, 0.2) is 0 Å². The second-order valence-corrected chi connectivity index (χ2v) is 3.33. The average Bonchev–Trinajstić information content (AvgIpc) is 2.04. The van der Waals surface area contributed by atoms with Crippen molar-refractivity contribution in [3.05, 3.63) is 0 Å². The lowest BCUT2D eigenvalue weighted by Crippen LogP contribution is -2.21. The molecule has 2 heteroatoms. The Balaban J connectivity index is 2.07. The van der Waals surface area contributed by atoms with Crippen LogP contribution >= 0.6 is 0 Å². The minimum Gasteiger partial charge on any atom is -0.393 e. The number of rotatable bonds is 3. The molecule has 0 bridgehead atoms. The van der Waals surface area contributed by atoms with Gasteiger partial charge in [-0.25, -0.2) is 0 Å². The fourth-order valence-electron chi connectivity index (χ4n) is 1.60. The van der Waals surface area contributed by atoms with Crippen LogP contribution in [0.1, 0.15) is 32.6 Å². The lowest BCUT2D eigenvalue weighted by Gasteiger charge is -2.24. The molecule has 0 amide bonds. The summed E-state index contributed by atoms with van der Waals surface area (Å²) >= 11 is 0. The predicted octanol–water partition coefficient (Wildman–Crippen LogP) is 1.57. The van der Waals surface area contributed by atoms with E-state index in [-0.39, 0.29) is 6.10 Å². The van der Waals surface area contributed by atoms with E-state index >= 15 is 0 Å². The maximum atomic E-state index is 9.21. The van der Waals surface area contributed by atoms with Gasteiger partial charge in [0.2, 0.25) is 0 Å². The van der Waals surface area contributed by atoms with Gasteiger partial charge < -0.3 is 9.84 Å². The van der Waals surface area contributed by atoms with E-state index in [1.54, 1.807) is 0 Å². The van der Waals surface area contributed by atoms with Crippen molar-refractivity contribution in [2.24, 2.45) is 5.92 Å². The number of hydrogen-bond donors (Lipinski definition) is 1. The maximum absolute atomic E-state index is 9.21. The summed E-state index contributed by atoms with van der Waals surface area (Å²) in [5, 5.41) is 9.21. The molecule has 0 unspecified atom stereocenters. The van der Waals surface area contributed by atoms with Crippen LogP contribution < -0.4 is 0 Å². The third-order valence-electron chi connectivity index (χ3n) is 2.37. The molecule has 0 saturated heterocycles. The van der Waals surface area contributed by atoms with Crippen LogP contribution in [0.3, 0.4) is 0 Å². The Morgan fingerprint density at radius 1 is 1.27 bits per heavy atom. The fourth-order valence-corrected chi connectivity index (χ4v) is 1.60. The smallest absolute Gasteiger partial charge is 0.0540 e. The Morgan fingerprint density at radius 2 is 1.91 bits per heavy atom. The highest BCUT2D eigenvalue weighted by Crippen LogP contribution is 2.23. The lowest BCUT2D eigenvalue weighted by atomic mass is 9.88. The molecule has 0 aliphatic heterocycles. The predicted molar refractivity (Wildman–Crippen MR) is 44.5 cm³/mol. The Labute approximate surface area is 68.6 Å². The van der Waals surface area contributed by atoms with Crippen molar-refractivity contribution in [3.8, 4) is 0 Å². The molecule has 0 spiro atoms. The monoisotopic (exact) mass is 158 g/mol. The van der Waals surface area contributed by atoms with Gasteiger partial charge in [0.05, 0.1) is 6.10 Å². The molecule has 0 radical (unpaired) electrons. The van der Waals surface area contributed by atoms with Gasteiger partial charge in [0, 0.05) is 13.2 Å². The molecule has 2 nitrogen and oxygen atoms in total. The van der Waals surface area contributed by atoms with Crippen LogP contribution in [-0.2, 0) is 4.74 Å². The summed E-state index contributed by atoms with van der Waals surface area (Å²) < 4.78 is 5.33. The van der Waals surface area contributed by atoms with Crippen molar-refractivity contribution in [1.82, 2.24) is 0 Å². The lowest BCUT2D eigenvalue weighted by molar-refractivity contribution is 0.0563. The molecule has 1 aliphatic carbocycles. The minimum atomic E-state index is -0.0344. The van der Waals surface area contributed by atoms with E-state index in [1.165, 1.54) is 0 Å². The summed E-state index contributed by atoms with van der Waals surface area (Å²) in [5.41, 5.74) is 0. The van der Waals surface area contributed by atoms with Crippen LogP contribution in [0, 0.1) is 5.92 Å². The largest absolute Gasteiger partial charge is 0.393 e. The summed E-state index contributed by atoms with van der Waals surface area (Å²) in [7, 11) is 0. The Bertz CT molecular complexity index is 93.0. The van der Waals surface area contributed by atoms with Gasteiger partial charge in [-0.2, -0.15) is 0 Å². The first kappa shape index (κ1) is 9.01. The second kappa shape index (κ2) is 4.73. The van der Waals surface area contributed by atoms with Crippen molar-refractivity contribution in [2.75, 3.05) is 13.2 Å². The summed E-state index contributed by atoms with van der Waals surface area (Å²) in [6.07, 6.45) is 4.19. The molecule has 0 heterocycles. The zero-order valence-corrected chi connectivity index (χ0v) is 7.25. The van der Waals surface area contributed by atoms with Crippen molar-refractivity contribution in [3.63, 3.8) is 0 Å². The molecule has 1 fully saturated rings. The van der Waals surface area contributed by atoms with Crippen molar-refractivity contribution in [1.29, 1.82) is 0 Å². The molecular formula is C9H18O2. The van der Waals surface area contributed by atoms with E-state index in [4.69, 9.17) is 4.74 Å². The molecule has 0 aromatic rings. The first-order valence-corrected chi connectivity index (χ1v) is 4.58. The molecule has 1 saturated carbocycles. The maximum Gasteiger partial charge on any atom is 0.0540 e. The first-order chi connectivity index (χ1) is 5.33. The minimum absolute atomic E-state index is 0.0344. The quantitative estimate of drug-likeness (QED) is 0.675. The van der Waals surface area contributed by atoms with Gasteiger partial charge in [0.25, 0.3) is 0 Å². The molecule has 1 rings (SSSR count). The zero-order chi connectivity index (χ0) is 8.10. The van der Waals surface area contributed by atoms with Gasteiger partial charge >= 0.3 is 0 Å². The number of aliphatic hydroxyl groups is 1. The molecular weight excluding hydrogens is 140 g/mol. The zero-order valence-electron chi connectivity index (χ0n) is 7.25. The van der Waals surface area contributed by atoms with E-state index in [1.807, 2.05) is 6.92 Å². The fraction of sp³-hybridized carbons (Fsp3) is 1.00. The van der Waals surface area contributed by atoms with Crippen LogP contribution in [-0.4, -0.2) is 24.4 Å². The number of ether oxygens (including phenoxy) is 1. The highest BCUT2D eigenvalue weighted by atomic mass is 16.5. The van der Waals surface area contributed by atoms with Gasteiger partial charge in [0.1, 0.15) is 0 Å². The van der Waals surface area contributed by atoms with Crippen LogP contribution in [0.4, 0.5) is 0 Å². The third kappa shape index (κ3) is 3.21. The Kier molecular flexibility index (Phi) is 3.87. The van der Waals surface area contributed by atoms with Crippen LogP contribution in [0.25, 0.3) is 0 Å². The van der Waals surface area contributed by atoms with Crippen LogP contribution in [0.2, 0.25) is 0 Å². The standard InChI is InChI=1S/C9H18O2/c1-2-11-7-8-3-5-9(10)6-4-8/h8-10H,2-7H2,1H3/t8-,9-. The Hall–Kier alpha value is -0.0800. The van der Waals surface area contributed by atoms with E-state index in [9.17, 15) is 5.11 Å². The molecule has 1 N–H and O–H groups in total.